The van der Waals surface area contributed by atoms with Crippen molar-refractivity contribution in [2.45, 2.75) is 0 Å². The number of nitrogens with zero attached hydrogens (tertiary/aromatic N) is 3. The summed E-state index contributed by atoms with van der Waals surface area (Å²) in [6.45, 7) is 0. The number of rotatable bonds is 2. The molecule has 0 saturated carbocycles. The standard InChI is InChI=1S/C27H17N3O4S2/c1-28-16-10-18(12-6-4-8-14-20(12)26(33)29(2)24(14)31)35-22(16)23-17(28)11-19(36-23)13-7-5-9-15-21(13)27(34)30(3)25(15)32/h4-11H,1-3H3. The van der Waals surface area contributed by atoms with E-state index in [1.165, 1.54) is 14.1 Å². The molecule has 0 unspecified atom stereocenters. The first-order valence-electron chi connectivity index (χ1n) is 11.2. The smallest absolute Gasteiger partial charge is 0.261 e. The number of hydrogen-bond donors (Lipinski definition) is 0. The van der Waals surface area contributed by atoms with Crippen LogP contribution < -0.4 is 0 Å². The number of carbonyl (C=O) groups excluding carboxylic acids is 4. The van der Waals surface area contributed by atoms with Gasteiger partial charge in [-0.2, -0.15) is 0 Å². The molecule has 7 nitrogen and oxygen atoms in total. The predicted molar refractivity (Wildman–Crippen MR) is 140 cm³/mol. The van der Waals surface area contributed by atoms with Crippen molar-refractivity contribution in [1.82, 2.24) is 14.4 Å². The maximum atomic E-state index is 12.8. The Labute approximate surface area is 212 Å². The lowest BCUT2D eigenvalue weighted by molar-refractivity contribution is 0.0678. The van der Waals surface area contributed by atoms with Gasteiger partial charge in [-0.25, -0.2) is 0 Å². The van der Waals surface area contributed by atoms with Gasteiger partial charge in [0.2, 0.25) is 0 Å². The van der Waals surface area contributed by atoms with Crippen LogP contribution in [-0.4, -0.2) is 52.1 Å². The summed E-state index contributed by atoms with van der Waals surface area (Å²) in [7, 11) is 5.01. The number of hydrogen-bond acceptors (Lipinski definition) is 6. The number of aromatic nitrogens is 1. The first kappa shape index (κ1) is 21.2. The number of aryl methyl sites for hydroxylation is 1. The van der Waals surface area contributed by atoms with E-state index in [1.807, 2.05) is 31.3 Å². The van der Waals surface area contributed by atoms with E-state index in [9.17, 15) is 19.2 Å². The zero-order chi connectivity index (χ0) is 25.0. The first-order chi connectivity index (χ1) is 17.3. The molecule has 2 aliphatic heterocycles. The molecule has 0 atom stereocenters. The molecule has 0 fully saturated rings. The van der Waals surface area contributed by atoms with Crippen molar-refractivity contribution >= 4 is 66.7 Å². The highest BCUT2D eigenvalue weighted by molar-refractivity contribution is 7.30. The lowest BCUT2D eigenvalue weighted by Crippen LogP contribution is -2.24. The molecule has 0 spiro atoms. The minimum absolute atomic E-state index is 0.280. The Bertz CT molecular complexity index is 1740. The minimum atomic E-state index is -0.284. The Hall–Kier alpha value is -4.08. The number of fused-ring (bicyclic) bond motifs is 5. The van der Waals surface area contributed by atoms with Gasteiger partial charge in [0.15, 0.2) is 0 Å². The zero-order valence-corrected chi connectivity index (χ0v) is 21.0. The molecular formula is C27H17N3O4S2. The van der Waals surface area contributed by atoms with E-state index in [0.29, 0.717) is 22.3 Å². The van der Waals surface area contributed by atoms with Gasteiger partial charge in [-0.3, -0.25) is 29.0 Å². The second kappa shape index (κ2) is 6.99. The molecule has 5 aromatic rings. The monoisotopic (exact) mass is 511 g/mol. The Morgan fingerprint density at radius 3 is 1.36 bits per heavy atom. The van der Waals surface area contributed by atoms with Gasteiger partial charge in [-0.15, -0.1) is 22.7 Å². The van der Waals surface area contributed by atoms with Crippen molar-refractivity contribution in [1.29, 1.82) is 0 Å². The van der Waals surface area contributed by atoms with Crippen LogP contribution in [0.25, 0.3) is 41.3 Å². The van der Waals surface area contributed by atoms with Crippen molar-refractivity contribution in [3.8, 4) is 20.9 Å². The minimum Gasteiger partial charge on any atom is -0.342 e. The lowest BCUT2D eigenvalue weighted by atomic mass is 10.0. The van der Waals surface area contributed by atoms with Gasteiger partial charge in [0.25, 0.3) is 23.6 Å². The summed E-state index contributed by atoms with van der Waals surface area (Å²) in [6, 6.07) is 14.9. The fourth-order valence-corrected chi connectivity index (χ4v) is 7.78. The van der Waals surface area contributed by atoms with Gasteiger partial charge in [0.05, 0.1) is 42.7 Å². The van der Waals surface area contributed by atoms with Crippen LogP contribution in [0.15, 0.2) is 48.5 Å². The van der Waals surface area contributed by atoms with Crippen LogP contribution in [0.5, 0.6) is 0 Å². The third-order valence-electron chi connectivity index (χ3n) is 7.12. The van der Waals surface area contributed by atoms with E-state index in [-0.39, 0.29) is 23.6 Å². The summed E-state index contributed by atoms with van der Waals surface area (Å²) in [5, 5.41) is 0. The highest BCUT2D eigenvalue weighted by Gasteiger charge is 2.37. The summed E-state index contributed by atoms with van der Waals surface area (Å²) in [6.07, 6.45) is 0. The average Bonchev–Trinajstić information content (AvgIpc) is 3.65. The molecule has 2 aliphatic rings. The van der Waals surface area contributed by atoms with E-state index in [2.05, 4.69) is 16.7 Å². The molecule has 0 radical (unpaired) electrons. The van der Waals surface area contributed by atoms with E-state index in [1.54, 1.807) is 34.8 Å². The van der Waals surface area contributed by atoms with Gasteiger partial charge in [0, 0.05) is 42.0 Å². The Balaban J connectivity index is 1.41. The van der Waals surface area contributed by atoms with Crippen LogP contribution in [0.2, 0.25) is 0 Å². The van der Waals surface area contributed by atoms with Crippen molar-refractivity contribution in [2.24, 2.45) is 7.05 Å². The van der Waals surface area contributed by atoms with Gasteiger partial charge in [-0.1, -0.05) is 24.3 Å². The van der Waals surface area contributed by atoms with Crippen LogP contribution in [0.1, 0.15) is 41.4 Å². The largest absolute Gasteiger partial charge is 0.342 e. The van der Waals surface area contributed by atoms with Crippen LogP contribution in [0, 0.1) is 0 Å². The topological polar surface area (TPSA) is 79.7 Å². The summed E-state index contributed by atoms with van der Waals surface area (Å²) in [4.78, 5) is 54.7. The number of carbonyl (C=O) groups is 4. The second-order valence-electron chi connectivity index (χ2n) is 9.00. The molecule has 36 heavy (non-hydrogen) atoms. The maximum Gasteiger partial charge on any atom is 0.261 e. The normalized spacial score (nSPS) is 15.2. The van der Waals surface area contributed by atoms with Crippen molar-refractivity contribution in [3.63, 3.8) is 0 Å². The summed E-state index contributed by atoms with van der Waals surface area (Å²) >= 11 is 3.17. The summed E-state index contributed by atoms with van der Waals surface area (Å²) in [5.41, 5.74) is 5.36. The molecule has 4 amide bonds. The van der Waals surface area contributed by atoms with Crippen molar-refractivity contribution in [3.05, 3.63) is 70.8 Å². The quantitative estimate of drug-likeness (QED) is 0.304. The zero-order valence-electron chi connectivity index (χ0n) is 19.4. The fourth-order valence-electron chi connectivity index (χ4n) is 5.20. The van der Waals surface area contributed by atoms with Crippen LogP contribution >= 0.6 is 22.7 Å². The first-order valence-corrected chi connectivity index (χ1v) is 12.8. The van der Waals surface area contributed by atoms with Crippen LogP contribution in [-0.2, 0) is 7.05 Å². The number of amides is 4. The van der Waals surface area contributed by atoms with Crippen LogP contribution in [0.4, 0.5) is 0 Å². The lowest BCUT2D eigenvalue weighted by Gasteiger charge is -2.05. The third-order valence-corrected chi connectivity index (χ3v) is 9.60. The molecule has 9 heteroatoms. The van der Waals surface area contributed by atoms with E-state index in [0.717, 1.165) is 51.1 Å². The summed E-state index contributed by atoms with van der Waals surface area (Å²) in [5.74, 6) is -1.13. The van der Waals surface area contributed by atoms with Crippen molar-refractivity contribution < 1.29 is 19.2 Å². The second-order valence-corrected chi connectivity index (χ2v) is 11.1. The molecular weight excluding hydrogens is 494 g/mol. The Morgan fingerprint density at radius 2 is 0.944 bits per heavy atom. The molecule has 0 N–H and O–H groups in total. The third kappa shape index (κ3) is 2.51. The predicted octanol–water partition coefficient (Wildman–Crippen LogP) is 5.24. The molecule has 2 aromatic carbocycles. The molecule has 7 rings (SSSR count). The fraction of sp³-hybridized carbons (Fsp3) is 0.111. The SMILES string of the molecule is CN1C(=O)c2cccc(-c3cc4c(s3)c3sc(-c5cccc6c5C(=O)N(C)C6=O)cc3n4C)c2C1=O. The molecule has 0 aliphatic carbocycles. The highest BCUT2D eigenvalue weighted by Crippen LogP contribution is 2.47. The number of thiophene rings is 2. The van der Waals surface area contributed by atoms with Gasteiger partial charge in [0.1, 0.15) is 0 Å². The molecule has 0 bridgehead atoms. The van der Waals surface area contributed by atoms with Gasteiger partial charge >= 0.3 is 0 Å². The maximum absolute atomic E-state index is 12.8. The van der Waals surface area contributed by atoms with E-state index >= 15 is 0 Å². The Kier molecular flexibility index (Phi) is 4.12. The molecule has 3 aromatic heterocycles. The van der Waals surface area contributed by atoms with Crippen LogP contribution in [0.3, 0.4) is 0 Å². The number of benzene rings is 2. The van der Waals surface area contributed by atoms with E-state index < -0.39 is 0 Å². The molecule has 176 valence electrons. The Morgan fingerprint density at radius 1 is 0.556 bits per heavy atom. The summed E-state index contributed by atoms with van der Waals surface area (Å²) < 4.78 is 4.26. The van der Waals surface area contributed by atoms with E-state index in [4.69, 9.17) is 0 Å². The highest BCUT2D eigenvalue weighted by atomic mass is 32.1. The van der Waals surface area contributed by atoms with Gasteiger partial charge < -0.3 is 4.57 Å². The van der Waals surface area contributed by atoms with Gasteiger partial charge in [-0.05, 0) is 24.3 Å². The average molecular weight is 512 g/mol. The van der Waals surface area contributed by atoms with Crippen molar-refractivity contribution in [2.75, 3.05) is 14.1 Å². The molecule has 0 saturated heterocycles. The molecule has 5 heterocycles. The number of imide groups is 2.